The smallest absolute Gasteiger partial charge is 0.258 e. The predicted octanol–water partition coefficient (Wildman–Crippen LogP) is 2.26. The monoisotopic (exact) mass is 313 g/mol. The average Bonchev–Trinajstić information content (AvgIpc) is 2.84. The molecule has 1 aromatic rings. The van der Waals surface area contributed by atoms with Crippen LogP contribution in [0.4, 0.5) is 5.69 Å². The van der Waals surface area contributed by atoms with Gasteiger partial charge in [-0.15, -0.1) is 0 Å². The average molecular weight is 313 g/mol. The van der Waals surface area contributed by atoms with E-state index >= 15 is 0 Å². The summed E-state index contributed by atoms with van der Waals surface area (Å²) in [5, 5.41) is 6.39. The lowest BCUT2D eigenvalue weighted by atomic mass is 9.99. The number of hydrogen-bond acceptors (Lipinski definition) is 4. The molecular weight excluding hydrogens is 290 g/mol. The second-order valence-electron chi connectivity index (χ2n) is 6.49. The van der Waals surface area contributed by atoms with Gasteiger partial charge in [-0.1, -0.05) is 0 Å². The molecule has 2 N–H and O–H groups in total. The second kappa shape index (κ2) is 6.16. The second-order valence-corrected chi connectivity index (χ2v) is 6.49. The van der Waals surface area contributed by atoms with Gasteiger partial charge in [-0.05, 0) is 65.0 Å². The molecule has 122 valence electrons. The summed E-state index contributed by atoms with van der Waals surface area (Å²) in [7, 11) is 2.13. The van der Waals surface area contributed by atoms with Gasteiger partial charge in [0.25, 0.3) is 5.91 Å². The molecule has 23 heavy (non-hydrogen) atoms. The topological polar surface area (TPSA) is 61.4 Å². The summed E-state index contributed by atoms with van der Waals surface area (Å²) in [6.45, 7) is 5.62. The maximum atomic E-state index is 12.3. The van der Waals surface area contributed by atoms with E-state index < -0.39 is 0 Å². The van der Waals surface area contributed by atoms with E-state index in [1.54, 1.807) is 19.1 Å². The largest absolute Gasteiger partial charge is 0.385 e. The van der Waals surface area contributed by atoms with Gasteiger partial charge in [0.15, 0.2) is 5.78 Å². The van der Waals surface area contributed by atoms with Crippen molar-refractivity contribution in [1.82, 2.24) is 10.2 Å². The lowest BCUT2D eigenvalue weighted by Gasteiger charge is -2.30. The molecule has 0 aromatic heterocycles. The first-order valence-electron chi connectivity index (χ1n) is 8.08. The van der Waals surface area contributed by atoms with Gasteiger partial charge in [0.05, 0.1) is 5.57 Å². The molecule has 1 aromatic carbocycles. The Morgan fingerprint density at radius 3 is 2.61 bits per heavy atom. The SMILES string of the molecule is CC(=O)c1ccc2c(c1)/C(=C(\C)NC1CCN(C)CC1)C(=O)N2. The first-order chi connectivity index (χ1) is 11.0. The number of nitrogens with zero attached hydrogens (tertiary/aromatic N) is 1. The minimum absolute atomic E-state index is 0.00688. The number of hydrogen-bond donors (Lipinski definition) is 2. The molecule has 2 heterocycles. The summed E-state index contributed by atoms with van der Waals surface area (Å²) in [5.74, 6) is -0.0916. The van der Waals surface area contributed by atoms with Crippen molar-refractivity contribution in [2.75, 3.05) is 25.5 Å². The lowest BCUT2D eigenvalue weighted by molar-refractivity contribution is -0.110. The highest BCUT2D eigenvalue weighted by Gasteiger charge is 2.28. The molecule has 5 nitrogen and oxygen atoms in total. The van der Waals surface area contributed by atoms with Gasteiger partial charge in [0.1, 0.15) is 0 Å². The van der Waals surface area contributed by atoms with E-state index in [1.165, 1.54) is 0 Å². The van der Waals surface area contributed by atoms with Crippen LogP contribution in [0.1, 0.15) is 42.6 Å². The van der Waals surface area contributed by atoms with E-state index in [2.05, 4.69) is 22.6 Å². The molecule has 5 heteroatoms. The van der Waals surface area contributed by atoms with Crippen LogP contribution >= 0.6 is 0 Å². The zero-order chi connectivity index (χ0) is 16.6. The van der Waals surface area contributed by atoms with Crippen molar-refractivity contribution in [2.45, 2.75) is 32.7 Å². The van der Waals surface area contributed by atoms with Gasteiger partial charge in [0, 0.05) is 28.6 Å². The summed E-state index contributed by atoms with van der Waals surface area (Å²) >= 11 is 0. The van der Waals surface area contributed by atoms with E-state index in [-0.39, 0.29) is 11.7 Å². The summed E-state index contributed by atoms with van der Waals surface area (Å²) < 4.78 is 0. The van der Waals surface area contributed by atoms with E-state index in [4.69, 9.17) is 0 Å². The number of amides is 1. The number of fused-ring (bicyclic) bond motifs is 1. The fourth-order valence-corrected chi connectivity index (χ4v) is 3.29. The molecule has 1 amide bonds. The highest BCUT2D eigenvalue weighted by molar-refractivity contribution is 6.32. The number of anilines is 1. The molecule has 1 saturated heterocycles. The summed E-state index contributed by atoms with van der Waals surface area (Å²) in [4.78, 5) is 26.3. The normalized spacial score (nSPS) is 20.9. The van der Waals surface area contributed by atoms with Crippen LogP contribution in [0.3, 0.4) is 0 Å². The maximum Gasteiger partial charge on any atom is 0.258 e. The van der Waals surface area contributed by atoms with Crippen molar-refractivity contribution in [3.05, 3.63) is 35.0 Å². The first kappa shape index (κ1) is 15.7. The predicted molar refractivity (Wildman–Crippen MR) is 91.3 cm³/mol. The van der Waals surface area contributed by atoms with Crippen molar-refractivity contribution in [2.24, 2.45) is 0 Å². The fourth-order valence-electron chi connectivity index (χ4n) is 3.29. The number of piperidine rings is 1. The summed E-state index contributed by atoms with van der Waals surface area (Å²) in [6, 6.07) is 5.76. The van der Waals surface area contributed by atoms with Crippen LogP contribution in [-0.2, 0) is 4.79 Å². The molecule has 0 atom stereocenters. The van der Waals surface area contributed by atoms with Crippen LogP contribution < -0.4 is 10.6 Å². The number of likely N-dealkylation sites (tertiary alicyclic amines) is 1. The number of carbonyl (C=O) groups excluding carboxylic acids is 2. The van der Waals surface area contributed by atoms with Gasteiger partial charge < -0.3 is 15.5 Å². The van der Waals surface area contributed by atoms with E-state index in [0.717, 1.165) is 42.9 Å². The third-order valence-electron chi connectivity index (χ3n) is 4.68. The van der Waals surface area contributed by atoms with Crippen LogP contribution in [0.2, 0.25) is 0 Å². The fraction of sp³-hybridized carbons (Fsp3) is 0.444. The number of allylic oxidation sites excluding steroid dienone is 1. The van der Waals surface area contributed by atoms with Gasteiger partial charge in [-0.25, -0.2) is 0 Å². The Hall–Kier alpha value is -2.14. The van der Waals surface area contributed by atoms with Gasteiger partial charge in [0.2, 0.25) is 0 Å². The molecule has 0 spiro atoms. The van der Waals surface area contributed by atoms with Gasteiger partial charge in [-0.2, -0.15) is 0 Å². The Morgan fingerprint density at radius 2 is 1.96 bits per heavy atom. The van der Waals surface area contributed by atoms with Crippen LogP contribution in [0.25, 0.3) is 5.57 Å². The zero-order valence-corrected chi connectivity index (χ0v) is 13.9. The minimum atomic E-state index is -0.0985. The maximum absolute atomic E-state index is 12.3. The highest BCUT2D eigenvalue weighted by Crippen LogP contribution is 2.34. The first-order valence-corrected chi connectivity index (χ1v) is 8.08. The van der Waals surface area contributed by atoms with Crippen LogP contribution in [-0.4, -0.2) is 42.8 Å². The minimum Gasteiger partial charge on any atom is -0.385 e. The standard InChI is InChI=1S/C18H23N3O2/c1-11(19-14-6-8-21(3)9-7-14)17-15-10-13(12(2)22)4-5-16(15)20-18(17)23/h4-5,10,14,19H,6-9H2,1-3H3,(H,20,23)/b17-11-. The van der Waals surface area contributed by atoms with Crippen molar-refractivity contribution in [3.8, 4) is 0 Å². The molecule has 0 radical (unpaired) electrons. The number of ketones is 1. The van der Waals surface area contributed by atoms with E-state index in [1.807, 2.05) is 13.0 Å². The van der Waals surface area contributed by atoms with Crippen molar-refractivity contribution in [1.29, 1.82) is 0 Å². The van der Waals surface area contributed by atoms with E-state index in [9.17, 15) is 9.59 Å². The van der Waals surface area contributed by atoms with Crippen molar-refractivity contribution < 1.29 is 9.59 Å². The Labute approximate surface area is 136 Å². The highest BCUT2D eigenvalue weighted by atomic mass is 16.2. The molecule has 1 fully saturated rings. The van der Waals surface area contributed by atoms with Crippen molar-refractivity contribution in [3.63, 3.8) is 0 Å². The van der Waals surface area contributed by atoms with Crippen molar-refractivity contribution >= 4 is 23.0 Å². The number of Topliss-reactive ketones (excluding diaryl/α,β-unsaturated/α-hetero) is 1. The Kier molecular flexibility index (Phi) is 4.22. The molecule has 2 aliphatic heterocycles. The number of benzene rings is 1. The molecular formula is C18H23N3O2. The Balaban J connectivity index is 1.88. The molecule has 0 bridgehead atoms. The van der Waals surface area contributed by atoms with Gasteiger partial charge in [-0.3, -0.25) is 9.59 Å². The Bertz CT molecular complexity index is 686. The van der Waals surface area contributed by atoms with Gasteiger partial charge >= 0.3 is 0 Å². The third kappa shape index (κ3) is 3.15. The molecule has 0 aliphatic carbocycles. The molecule has 3 rings (SSSR count). The number of rotatable bonds is 3. The quantitative estimate of drug-likeness (QED) is 0.664. The van der Waals surface area contributed by atoms with E-state index in [0.29, 0.717) is 17.2 Å². The molecule has 0 saturated carbocycles. The van der Waals surface area contributed by atoms with Crippen LogP contribution in [0.15, 0.2) is 23.9 Å². The molecule has 0 unspecified atom stereocenters. The summed E-state index contributed by atoms with van der Waals surface area (Å²) in [5.41, 5.74) is 3.77. The summed E-state index contributed by atoms with van der Waals surface area (Å²) in [6.07, 6.45) is 2.15. The molecule has 2 aliphatic rings. The number of nitrogens with one attached hydrogen (secondary N) is 2. The number of carbonyl (C=O) groups is 2. The van der Waals surface area contributed by atoms with Crippen LogP contribution in [0.5, 0.6) is 0 Å². The Morgan fingerprint density at radius 1 is 1.26 bits per heavy atom. The lowest BCUT2D eigenvalue weighted by Crippen LogP contribution is -2.40. The van der Waals surface area contributed by atoms with Crippen LogP contribution in [0, 0.1) is 0 Å². The third-order valence-corrected chi connectivity index (χ3v) is 4.68. The zero-order valence-electron chi connectivity index (χ0n) is 13.9.